The number of ether oxygens (including phenoxy) is 2. The molecule has 0 atom stereocenters. The standard InChI is InChI=1S/C22H16O5/c1-25-18-10-11-21-19(12-18)20(24)13-22(27-21)14-2-6-16(7-3-14)26-17-8-4-15(23)5-9-17/h2-13,23H,1H3. The number of rotatable bonds is 4. The quantitative estimate of drug-likeness (QED) is 0.557. The van der Waals surface area contributed by atoms with Crippen molar-refractivity contribution in [2.45, 2.75) is 0 Å². The average Bonchev–Trinajstić information content (AvgIpc) is 2.70. The van der Waals surface area contributed by atoms with Gasteiger partial charge in [-0.2, -0.15) is 0 Å². The van der Waals surface area contributed by atoms with Crippen molar-refractivity contribution in [2.75, 3.05) is 7.11 Å². The Balaban J connectivity index is 1.63. The van der Waals surface area contributed by atoms with Crippen molar-refractivity contribution in [2.24, 2.45) is 0 Å². The lowest BCUT2D eigenvalue weighted by Gasteiger charge is -2.08. The highest BCUT2D eigenvalue weighted by Crippen LogP contribution is 2.28. The first-order chi connectivity index (χ1) is 13.1. The highest BCUT2D eigenvalue weighted by atomic mass is 16.5. The Morgan fingerprint density at radius 1 is 0.815 bits per heavy atom. The van der Waals surface area contributed by atoms with Crippen LogP contribution in [-0.4, -0.2) is 12.2 Å². The van der Waals surface area contributed by atoms with Crippen LogP contribution in [0.2, 0.25) is 0 Å². The predicted octanol–water partition coefficient (Wildman–Crippen LogP) is 4.97. The van der Waals surface area contributed by atoms with Gasteiger partial charge in [-0.3, -0.25) is 4.79 Å². The Kier molecular flexibility index (Phi) is 4.26. The molecule has 0 bridgehead atoms. The molecule has 0 spiro atoms. The van der Waals surface area contributed by atoms with Crippen LogP contribution in [-0.2, 0) is 0 Å². The maximum Gasteiger partial charge on any atom is 0.193 e. The zero-order valence-corrected chi connectivity index (χ0v) is 14.5. The van der Waals surface area contributed by atoms with Crippen LogP contribution in [0.4, 0.5) is 0 Å². The Morgan fingerprint density at radius 2 is 1.44 bits per heavy atom. The molecule has 5 heteroatoms. The van der Waals surface area contributed by atoms with Crippen LogP contribution in [0.15, 0.2) is 82.0 Å². The van der Waals surface area contributed by atoms with E-state index in [1.165, 1.54) is 6.07 Å². The van der Waals surface area contributed by atoms with Crippen LogP contribution in [0, 0.1) is 0 Å². The van der Waals surface area contributed by atoms with Crippen molar-refractivity contribution in [3.05, 3.63) is 83.0 Å². The fourth-order valence-electron chi connectivity index (χ4n) is 2.74. The maximum absolute atomic E-state index is 12.4. The number of hydrogen-bond acceptors (Lipinski definition) is 5. The summed E-state index contributed by atoms with van der Waals surface area (Å²) in [7, 11) is 1.55. The molecule has 1 N–H and O–H groups in total. The Labute approximate surface area is 155 Å². The van der Waals surface area contributed by atoms with Crippen LogP contribution in [0.3, 0.4) is 0 Å². The zero-order chi connectivity index (χ0) is 18.8. The van der Waals surface area contributed by atoms with Gasteiger partial charge >= 0.3 is 0 Å². The highest BCUT2D eigenvalue weighted by Gasteiger charge is 2.08. The summed E-state index contributed by atoms with van der Waals surface area (Å²) in [5, 5.41) is 9.79. The third-order valence-electron chi connectivity index (χ3n) is 4.15. The summed E-state index contributed by atoms with van der Waals surface area (Å²) < 4.78 is 16.8. The van der Waals surface area contributed by atoms with E-state index in [0.717, 1.165) is 5.56 Å². The molecule has 0 amide bonds. The molecule has 0 unspecified atom stereocenters. The molecule has 4 rings (SSSR count). The third kappa shape index (κ3) is 3.48. The van der Waals surface area contributed by atoms with Gasteiger partial charge in [0.2, 0.25) is 0 Å². The molecule has 5 nitrogen and oxygen atoms in total. The molecule has 0 fully saturated rings. The predicted molar refractivity (Wildman–Crippen MR) is 103 cm³/mol. The normalized spacial score (nSPS) is 10.7. The topological polar surface area (TPSA) is 68.9 Å². The van der Waals surface area contributed by atoms with Gasteiger partial charge in [-0.1, -0.05) is 0 Å². The van der Waals surface area contributed by atoms with E-state index in [0.29, 0.717) is 34.0 Å². The molecule has 27 heavy (non-hydrogen) atoms. The van der Waals surface area contributed by atoms with E-state index in [1.54, 1.807) is 61.7 Å². The van der Waals surface area contributed by atoms with Gasteiger partial charge in [-0.05, 0) is 66.7 Å². The SMILES string of the molecule is COc1ccc2oc(-c3ccc(Oc4ccc(O)cc4)cc3)cc(=O)c2c1. The first-order valence-electron chi connectivity index (χ1n) is 8.31. The first kappa shape index (κ1) is 16.7. The number of aromatic hydroxyl groups is 1. The van der Waals surface area contributed by atoms with Crippen LogP contribution in [0.25, 0.3) is 22.3 Å². The number of benzene rings is 3. The van der Waals surface area contributed by atoms with Crippen LogP contribution >= 0.6 is 0 Å². The van der Waals surface area contributed by atoms with Gasteiger partial charge < -0.3 is 19.0 Å². The monoisotopic (exact) mass is 360 g/mol. The van der Waals surface area contributed by atoms with E-state index in [4.69, 9.17) is 13.9 Å². The minimum Gasteiger partial charge on any atom is -0.508 e. The molecule has 0 saturated carbocycles. The molecular formula is C22H16O5. The van der Waals surface area contributed by atoms with Crippen molar-refractivity contribution in [1.29, 1.82) is 0 Å². The molecule has 1 aromatic heterocycles. The lowest BCUT2D eigenvalue weighted by Crippen LogP contribution is -2.00. The molecule has 0 aliphatic heterocycles. The van der Waals surface area contributed by atoms with Crippen molar-refractivity contribution >= 4 is 11.0 Å². The van der Waals surface area contributed by atoms with Gasteiger partial charge in [-0.15, -0.1) is 0 Å². The smallest absolute Gasteiger partial charge is 0.193 e. The van der Waals surface area contributed by atoms with Crippen LogP contribution in [0.5, 0.6) is 23.0 Å². The number of methoxy groups -OCH3 is 1. The number of hydrogen-bond donors (Lipinski definition) is 1. The number of phenols is 1. The molecule has 134 valence electrons. The lowest BCUT2D eigenvalue weighted by molar-refractivity contribution is 0.415. The third-order valence-corrected chi connectivity index (χ3v) is 4.15. The Bertz CT molecular complexity index is 1140. The van der Waals surface area contributed by atoms with E-state index in [2.05, 4.69) is 0 Å². The number of phenolic OH excluding ortho intramolecular Hbond substituents is 1. The van der Waals surface area contributed by atoms with Crippen molar-refractivity contribution in [3.8, 4) is 34.3 Å². The largest absolute Gasteiger partial charge is 0.508 e. The van der Waals surface area contributed by atoms with Gasteiger partial charge in [-0.25, -0.2) is 0 Å². The molecular weight excluding hydrogens is 344 g/mol. The van der Waals surface area contributed by atoms with E-state index in [-0.39, 0.29) is 11.2 Å². The first-order valence-corrected chi connectivity index (χ1v) is 8.31. The summed E-state index contributed by atoms with van der Waals surface area (Å²) >= 11 is 0. The van der Waals surface area contributed by atoms with Gasteiger partial charge in [0.05, 0.1) is 12.5 Å². The molecule has 0 saturated heterocycles. The van der Waals surface area contributed by atoms with Crippen LogP contribution in [0.1, 0.15) is 0 Å². The Hall–Kier alpha value is -3.73. The molecule has 0 aliphatic rings. The van der Waals surface area contributed by atoms with Gasteiger partial charge in [0.15, 0.2) is 5.43 Å². The van der Waals surface area contributed by atoms with E-state index < -0.39 is 0 Å². The zero-order valence-electron chi connectivity index (χ0n) is 14.5. The highest BCUT2D eigenvalue weighted by molar-refractivity contribution is 5.80. The Morgan fingerprint density at radius 3 is 2.11 bits per heavy atom. The average molecular weight is 360 g/mol. The number of fused-ring (bicyclic) bond motifs is 1. The second-order valence-electron chi connectivity index (χ2n) is 5.96. The van der Waals surface area contributed by atoms with Crippen molar-refractivity contribution in [3.63, 3.8) is 0 Å². The van der Waals surface area contributed by atoms with Crippen molar-refractivity contribution < 1.29 is 19.0 Å². The summed E-state index contributed by atoms with van der Waals surface area (Å²) in [6.45, 7) is 0. The van der Waals surface area contributed by atoms with E-state index in [9.17, 15) is 9.90 Å². The summed E-state index contributed by atoms with van der Waals surface area (Å²) in [5.41, 5.74) is 1.14. The second-order valence-corrected chi connectivity index (χ2v) is 5.96. The van der Waals surface area contributed by atoms with Crippen LogP contribution < -0.4 is 14.9 Å². The lowest BCUT2D eigenvalue weighted by atomic mass is 10.1. The van der Waals surface area contributed by atoms with E-state index in [1.807, 2.05) is 12.1 Å². The van der Waals surface area contributed by atoms with Gasteiger partial charge in [0.25, 0.3) is 0 Å². The summed E-state index contributed by atoms with van der Waals surface area (Å²) in [4.78, 5) is 12.4. The van der Waals surface area contributed by atoms with E-state index >= 15 is 0 Å². The summed E-state index contributed by atoms with van der Waals surface area (Å²) in [5.74, 6) is 2.53. The molecule has 1 heterocycles. The minimum absolute atomic E-state index is 0.130. The van der Waals surface area contributed by atoms with Gasteiger partial charge in [0.1, 0.15) is 34.3 Å². The molecule has 0 aliphatic carbocycles. The molecule has 4 aromatic rings. The minimum atomic E-state index is -0.130. The second kappa shape index (κ2) is 6.88. The molecule has 3 aromatic carbocycles. The summed E-state index contributed by atoms with van der Waals surface area (Å²) in [6.07, 6.45) is 0. The fourth-order valence-corrected chi connectivity index (χ4v) is 2.74. The fraction of sp³-hybridized carbons (Fsp3) is 0.0455. The molecule has 0 radical (unpaired) electrons. The summed E-state index contributed by atoms with van der Waals surface area (Å²) in [6, 6.07) is 20.3. The van der Waals surface area contributed by atoms with Crippen molar-refractivity contribution in [1.82, 2.24) is 0 Å². The van der Waals surface area contributed by atoms with Gasteiger partial charge in [0, 0.05) is 11.6 Å². The maximum atomic E-state index is 12.4.